The molecule has 7 heteroatoms. The summed E-state index contributed by atoms with van der Waals surface area (Å²) in [5.74, 6) is -0.484. The summed E-state index contributed by atoms with van der Waals surface area (Å²) in [5, 5.41) is 14.8. The Balaban J connectivity index is 1.12. The molecule has 3 aliphatic rings. The second-order valence-electron chi connectivity index (χ2n) is 10.3. The molecular weight excluding hydrogens is 444 g/mol. The predicted molar refractivity (Wildman–Crippen MR) is 131 cm³/mol. The van der Waals surface area contributed by atoms with Crippen LogP contribution < -0.4 is 10.6 Å². The van der Waals surface area contributed by atoms with E-state index in [1.54, 1.807) is 0 Å². The number of carbonyl (C=O) groups is 3. The van der Waals surface area contributed by atoms with Gasteiger partial charge in [0.2, 0.25) is 5.91 Å². The van der Waals surface area contributed by atoms with E-state index < -0.39 is 17.5 Å². The molecule has 3 N–H and O–H groups in total. The summed E-state index contributed by atoms with van der Waals surface area (Å²) in [4.78, 5) is 36.2. The number of benzene rings is 2. The first kappa shape index (κ1) is 23.4. The predicted octanol–water partition coefficient (Wildman–Crippen LogP) is 4.45. The zero-order chi connectivity index (χ0) is 24.6. The molecule has 0 spiro atoms. The highest BCUT2D eigenvalue weighted by atomic mass is 16.5. The van der Waals surface area contributed by atoms with Crippen LogP contribution in [0.15, 0.2) is 48.5 Å². The van der Waals surface area contributed by atoms with E-state index in [9.17, 15) is 14.4 Å². The van der Waals surface area contributed by atoms with Crippen molar-refractivity contribution in [1.82, 2.24) is 10.6 Å². The highest BCUT2D eigenvalue weighted by molar-refractivity contribution is 5.87. The van der Waals surface area contributed by atoms with Crippen molar-refractivity contribution in [2.75, 3.05) is 6.61 Å². The molecule has 2 amide bonds. The lowest BCUT2D eigenvalue weighted by molar-refractivity contribution is -0.137. The molecule has 35 heavy (non-hydrogen) atoms. The number of hydrogen-bond acceptors (Lipinski definition) is 4. The Labute approximate surface area is 205 Å². The van der Waals surface area contributed by atoms with Gasteiger partial charge in [0.25, 0.3) is 0 Å². The van der Waals surface area contributed by atoms with Gasteiger partial charge in [-0.05, 0) is 67.2 Å². The Morgan fingerprint density at radius 3 is 2.37 bits per heavy atom. The van der Waals surface area contributed by atoms with Gasteiger partial charge in [-0.2, -0.15) is 0 Å². The van der Waals surface area contributed by atoms with Crippen LogP contribution in [0.1, 0.15) is 62.5 Å². The first-order valence-electron chi connectivity index (χ1n) is 12.5. The fraction of sp³-hybridized carbons (Fsp3) is 0.464. The summed E-state index contributed by atoms with van der Waals surface area (Å²) in [6.45, 7) is 2.19. The zero-order valence-electron chi connectivity index (χ0n) is 20.0. The summed E-state index contributed by atoms with van der Waals surface area (Å²) in [7, 11) is 0. The van der Waals surface area contributed by atoms with Gasteiger partial charge in [-0.1, -0.05) is 48.5 Å². The standard InChI is InChI=1S/C28H32N2O5/c1-17(7-6-12-25(31)32)29-26(33)28-14-18(28)13-19(15-28)30-27(34)35-16-24-22-10-4-2-8-20(22)21-9-3-5-11-23(21)24/h2-5,8-11,17-19,24H,6-7,12-16H2,1H3,(H,29,33)(H,30,34)(H,31,32). The van der Waals surface area contributed by atoms with Crippen LogP contribution in [0.2, 0.25) is 0 Å². The minimum absolute atomic E-state index is 0.0184. The van der Waals surface area contributed by atoms with Gasteiger partial charge in [0.15, 0.2) is 0 Å². The fourth-order valence-corrected chi connectivity index (χ4v) is 6.09. The van der Waals surface area contributed by atoms with Crippen molar-refractivity contribution in [3.63, 3.8) is 0 Å². The van der Waals surface area contributed by atoms with Crippen LogP contribution in [-0.4, -0.2) is 41.8 Å². The molecule has 0 heterocycles. The number of fused-ring (bicyclic) bond motifs is 4. The number of amides is 2. The Hall–Kier alpha value is -3.35. The van der Waals surface area contributed by atoms with E-state index in [0.29, 0.717) is 19.3 Å². The summed E-state index contributed by atoms with van der Waals surface area (Å²) >= 11 is 0. The third kappa shape index (κ3) is 4.64. The molecule has 5 rings (SSSR count). The second-order valence-corrected chi connectivity index (χ2v) is 10.3. The zero-order valence-corrected chi connectivity index (χ0v) is 20.0. The fourth-order valence-electron chi connectivity index (χ4n) is 6.09. The number of nitrogens with one attached hydrogen (secondary N) is 2. The molecule has 2 aromatic rings. The number of carboxylic acids is 1. The molecular formula is C28H32N2O5. The van der Waals surface area contributed by atoms with Crippen LogP contribution in [0, 0.1) is 11.3 Å². The van der Waals surface area contributed by atoms with E-state index >= 15 is 0 Å². The van der Waals surface area contributed by atoms with E-state index in [-0.39, 0.29) is 42.9 Å². The summed E-state index contributed by atoms with van der Waals surface area (Å²) in [6, 6.07) is 16.4. The number of hydrogen-bond donors (Lipinski definition) is 3. The van der Waals surface area contributed by atoms with Crippen LogP contribution in [-0.2, 0) is 14.3 Å². The van der Waals surface area contributed by atoms with Crippen molar-refractivity contribution in [3.05, 3.63) is 59.7 Å². The van der Waals surface area contributed by atoms with Crippen LogP contribution in [0.3, 0.4) is 0 Å². The molecule has 4 atom stereocenters. The topological polar surface area (TPSA) is 105 Å². The maximum absolute atomic E-state index is 12.9. The summed E-state index contributed by atoms with van der Waals surface area (Å²) < 4.78 is 5.67. The normalized spacial score (nSPS) is 24.6. The Morgan fingerprint density at radius 1 is 1.06 bits per heavy atom. The molecule has 2 saturated carbocycles. The van der Waals surface area contributed by atoms with Gasteiger partial charge in [0, 0.05) is 24.4 Å². The monoisotopic (exact) mass is 476 g/mol. The first-order chi connectivity index (χ1) is 16.9. The molecule has 0 radical (unpaired) electrons. The summed E-state index contributed by atoms with van der Waals surface area (Å²) in [5.41, 5.74) is 4.34. The lowest BCUT2D eigenvalue weighted by atomic mass is 9.98. The molecule has 3 aliphatic carbocycles. The molecule has 184 valence electrons. The number of alkyl carbamates (subject to hydrolysis) is 1. The molecule has 0 aromatic heterocycles. The second kappa shape index (κ2) is 9.36. The number of ether oxygens (including phenoxy) is 1. The van der Waals surface area contributed by atoms with Crippen molar-refractivity contribution in [1.29, 1.82) is 0 Å². The molecule has 4 unspecified atom stereocenters. The van der Waals surface area contributed by atoms with Gasteiger partial charge in [-0.15, -0.1) is 0 Å². The van der Waals surface area contributed by atoms with Gasteiger partial charge in [0.1, 0.15) is 6.61 Å². The molecule has 0 saturated heterocycles. The van der Waals surface area contributed by atoms with Crippen LogP contribution >= 0.6 is 0 Å². The lowest BCUT2D eigenvalue weighted by Gasteiger charge is -2.21. The SMILES string of the molecule is CC(CCCC(=O)O)NC(=O)C12CC(NC(=O)OCC3c4ccccc4-c4ccccc43)CC1C2. The van der Waals surface area contributed by atoms with Crippen LogP contribution in [0.5, 0.6) is 0 Å². The number of carboxylic acid groups (broad SMARTS) is 1. The van der Waals surface area contributed by atoms with E-state index in [1.807, 2.05) is 31.2 Å². The molecule has 0 bridgehead atoms. The highest BCUT2D eigenvalue weighted by Gasteiger charge is 2.65. The summed E-state index contributed by atoms with van der Waals surface area (Å²) in [6.07, 6.45) is 3.11. The van der Waals surface area contributed by atoms with Gasteiger partial charge in [0.05, 0.1) is 5.41 Å². The van der Waals surface area contributed by atoms with Crippen molar-refractivity contribution in [2.24, 2.45) is 11.3 Å². The molecule has 7 nitrogen and oxygen atoms in total. The number of aliphatic carboxylic acids is 1. The minimum Gasteiger partial charge on any atom is -0.481 e. The van der Waals surface area contributed by atoms with Crippen LogP contribution in [0.25, 0.3) is 11.1 Å². The van der Waals surface area contributed by atoms with Crippen molar-refractivity contribution in [3.8, 4) is 11.1 Å². The van der Waals surface area contributed by atoms with E-state index in [2.05, 4.69) is 34.9 Å². The minimum atomic E-state index is -0.817. The highest BCUT2D eigenvalue weighted by Crippen LogP contribution is 2.63. The van der Waals surface area contributed by atoms with Crippen molar-refractivity contribution < 1.29 is 24.2 Å². The molecule has 0 aliphatic heterocycles. The van der Waals surface area contributed by atoms with Gasteiger partial charge < -0.3 is 20.5 Å². The quantitative estimate of drug-likeness (QED) is 0.496. The average Bonchev–Trinajstić information content (AvgIpc) is 3.26. The van der Waals surface area contributed by atoms with Gasteiger partial charge in [-0.3, -0.25) is 9.59 Å². The largest absolute Gasteiger partial charge is 0.481 e. The lowest BCUT2D eigenvalue weighted by Crippen LogP contribution is -2.41. The molecule has 2 fully saturated rings. The first-order valence-corrected chi connectivity index (χ1v) is 12.5. The number of rotatable bonds is 9. The third-order valence-electron chi connectivity index (χ3n) is 7.93. The van der Waals surface area contributed by atoms with E-state index in [4.69, 9.17) is 9.84 Å². The smallest absolute Gasteiger partial charge is 0.407 e. The maximum atomic E-state index is 12.9. The number of carbonyl (C=O) groups excluding carboxylic acids is 2. The van der Waals surface area contributed by atoms with Crippen molar-refractivity contribution in [2.45, 2.75) is 63.5 Å². The van der Waals surface area contributed by atoms with E-state index in [0.717, 1.165) is 12.8 Å². The maximum Gasteiger partial charge on any atom is 0.407 e. The molecule has 2 aromatic carbocycles. The Kier molecular flexibility index (Phi) is 6.26. The van der Waals surface area contributed by atoms with Gasteiger partial charge in [-0.25, -0.2) is 4.79 Å². The van der Waals surface area contributed by atoms with Gasteiger partial charge >= 0.3 is 12.1 Å². The van der Waals surface area contributed by atoms with E-state index in [1.165, 1.54) is 22.3 Å². The third-order valence-corrected chi connectivity index (χ3v) is 7.93. The Morgan fingerprint density at radius 2 is 1.71 bits per heavy atom. The Bertz CT molecular complexity index is 1100. The average molecular weight is 477 g/mol. The van der Waals surface area contributed by atoms with Crippen molar-refractivity contribution >= 4 is 18.0 Å². The van der Waals surface area contributed by atoms with Crippen LogP contribution in [0.4, 0.5) is 4.79 Å².